The second kappa shape index (κ2) is 4.93. The van der Waals surface area contributed by atoms with Gasteiger partial charge in [0.1, 0.15) is 17.3 Å². The van der Waals surface area contributed by atoms with Crippen LogP contribution in [-0.4, -0.2) is 20.2 Å². The fourth-order valence-corrected chi connectivity index (χ4v) is 2.02. The van der Waals surface area contributed by atoms with E-state index in [9.17, 15) is 8.78 Å². The molecule has 3 rings (SSSR count). The number of nitrogen functional groups attached to an aromatic ring is 1. The van der Waals surface area contributed by atoms with Crippen molar-refractivity contribution in [2.75, 3.05) is 5.73 Å². The normalized spacial score (nSPS) is 10.8. The molecular formula is C14H11F2N5. The van der Waals surface area contributed by atoms with Gasteiger partial charge in [0.15, 0.2) is 5.82 Å². The summed E-state index contributed by atoms with van der Waals surface area (Å²) in [4.78, 5) is 0. The van der Waals surface area contributed by atoms with Crippen LogP contribution in [-0.2, 0) is 0 Å². The van der Waals surface area contributed by atoms with E-state index < -0.39 is 11.6 Å². The summed E-state index contributed by atoms with van der Waals surface area (Å²) in [6.07, 6.45) is 0. The molecule has 0 unspecified atom stereocenters. The van der Waals surface area contributed by atoms with E-state index in [4.69, 9.17) is 5.73 Å². The smallest absolute Gasteiger partial charge is 0.190 e. The molecule has 2 N–H and O–H groups in total. The number of aromatic nitrogens is 4. The standard InChI is InChI=1S/C14H11F2N5/c1-8-2-5-11(15)13(6-8)21-14(18-19-20-21)10-4-3-9(17)7-12(10)16/h2-7H,17H2,1H3. The molecule has 0 fully saturated rings. The molecule has 5 nitrogen and oxygen atoms in total. The second-order valence-electron chi connectivity index (χ2n) is 4.61. The van der Waals surface area contributed by atoms with Crippen LogP contribution in [0.25, 0.3) is 17.1 Å². The Labute approximate surface area is 119 Å². The first-order valence-electron chi connectivity index (χ1n) is 6.16. The van der Waals surface area contributed by atoms with E-state index in [-0.39, 0.29) is 22.8 Å². The highest BCUT2D eigenvalue weighted by atomic mass is 19.1. The first kappa shape index (κ1) is 13.2. The molecule has 3 aromatic rings. The summed E-state index contributed by atoms with van der Waals surface area (Å²) in [6, 6.07) is 8.69. The molecule has 0 atom stereocenters. The third kappa shape index (κ3) is 2.33. The summed E-state index contributed by atoms with van der Waals surface area (Å²) in [7, 11) is 0. The van der Waals surface area contributed by atoms with Crippen LogP contribution in [0.2, 0.25) is 0 Å². The van der Waals surface area contributed by atoms with Gasteiger partial charge >= 0.3 is 0 Å². The zero-order valence-corrected chi connectivity index (χ0v) is 11.1. The number of hydrogen-bond donors (Lipinski definition) is 1. The fourth-order valence-electron chi connectivity index (χ4n) is 2.02. The summed E-state index contributed by atoms with van der Waals surface area (Å²) in [5.74, 6) is -0.957. The van der Waals surface area contributed by atoms with Crippen molar-refractivity contribution in [2.24, 2.45) is 0 Å². The summed E-state index contributed by atoms with van der Waals surface area (Å²) >= 11 is 0. The Bertz CT molecular complexity index is 813. The van der Waals surface area contributed by atoms with Crippen LogP contribution in [0.5, 0.6) is 0 Å². The van der Waals surface area contributed by atoms with Crippen LogP contribution >= 0.6 is 0 Å². The molecule has 0 amide bonds. The number of aryl methyl sites for hydroxylation is 1. The maximum atomic E-state index is 14.0. The van der Waals surface area contributed by atoms with Crippen LogP contribution in [0.1, 0.15) is 5.56 Å². The summed E-state index contributed by atoms with van der Waals surface area (Å²) in [5, 5.41) is 11.0. The summed E-state index contributed by atoms with van der Waals surface area (Å²) in [5.41, 5.74) is 6.95. The topological polar surface area (TPSA) is 69.6 Å². The molecule has 1 aromatic heterocycles. The lowest BCUT2D eigenvalue weighted by atomic mass is 10.1. The molecule has 21 heavy (non-hydrogen) atoms. The monoisotopic (exact) mass is 287 g/mol. The van der Waals surface area contributed by atoms with E-state index in [1.165, 1.54) is 24.3 Å². The van der Waals surface area contributed by atoms with Gasteiger partial charge in [-0.1, -0.05) is 6.07 Å². The van der Waals surface area contributed by atoms with Gasteiger partial charge < -0.3 is 5.73 Å². The van der Waals surface area contributed by atoms with E-state index in [2.05, 4.69) is 15.5 Å². The van der Waals surface area contributed by atoms with Crippen LogP contribution in [0.4, 0.5) is 14.5 Å². The maximum absolute atomic E-state index is 14.0. The third-order valence-electron chi connectivity index (χ3n) is 3.03. The minimum Gasteiger partial charge on any atom is -0.399 e. The Balaban J connectivity index is 2.19. The van der Waals surface area contributed by atoms with Gasteiger partial charge in [-0.3, -0.25) is 0 Å². The Morgan fingerprint density at radius 3 is 2.62 bits per heavy atom. The lowest BCUT2D eigenvalue weighted by Gasteiger charge is -2.08. The number of tetrazole rings is 1. The molecule has 0 spiro atoms. The number of benzene rings is 2. The van der Waals surface area contributed by atoms with Crippen molar-refractivity contribution in [1.29, 1.82) is 0 Å². The van der Waals surface area contributed by atoms with Crippen LogP contribution in [0.15, 0.2) is 36.4 Å². The van der Waals surface area contributed by atoms with Crippen molar-refractivity contribution in [1.82, 2.24) is 20.2 Å². The largest absolute Gasteiger partial charge is 0.399 e. The minimum atomic E-state index is -0.570. The molecule has 0 radical (unpaired) electrons. The fraction of sp³-hybridized carbons (Fsp3) is 0.0714. The van der Waals surface area contributed by atoms with Gasteiger partial charge in [0.2, 0.25) is 0 Å². The molecule has 0 aliphatic heterocycles. The average molecular weight is 287 g/mol. The number of anilines is 1. The van der Waals surface area contributed by atoms with Gasteiger partial charge in [0.25, 0.3) is 0 Å². The van der Waals surface area contributed by atoms with Crippen molar-refractivity contribution in [3.05, 3.63) is 53.6 Å². The SMILES string of the molecule is Cc1ccc(F)c(-n2nnnc2-c2ccc(N)cc2F)c1. The highest BCUT2D eigenvalue weighted by molar-refractivity contribution is 5.61. The Morgan fingerprint density at radius 2 is 1.86 bits per heavy atom. The van der Waals surface area contributed by atoms with Crippen molar-refractivity contribution < 1.29 is 8.78 Å². The quantitative estimate of drug-likeness (QED) is 0.735. The zero-order valence-electron chi connectivity index (χ0n) is 11.1. The predicted octanol–water partition coefficient (Wildman–Crippen LogP) is 2.50. The zero-order chi connectivity index (χ0) is 15.0. The molecule has 0 saturated heterocycles. The van der Waals surface area contributed by atoms with E-state index in [0.29, 0.717) is 0 Å². The maximum Gasteiger partial charge on any atom is 0.190 e. The van der Waals surface area contributed by atoms with E-state index >= 15 is 0 Å². The molecule has 0 bridgehead atoms. The Morgan fingerprint density at radius 1 is 1.05 bits per heavy atom. The molecule has 1 heterocycles. The van der Waals surface area contributed by atoms with Gasteiger partial charge in [-0.2, -0.15) is 4.68 Å². The average Bonchev–Trinajstić information content (AvgIpc) is 2.90. The highest BCUT2D eigenvalue weighted by Crippen LogP contribution is 2.25. The number of nitrogens with zero attached hydrogens (tertiary/aromatic N) is 4. The van der Waals surface area contributed by atoms with Crippen LogP contribution < -0.4 is 5.73 Å². The van der Waals surface area contributed by atoms with Crippen molar-refractivity contribution in [2.45, 2.75) is 6.92 Å². The Hall–Kier alpha value is -2.83. The first-order valence-corrected chi connectivity index (χ1v) is 6.16. The summed E-state index contributed by atoms with van der Waals surface area (Å²) < 4.78 is 29.1. The molecule has 0 aliphatic carbocycles. The first-order chi connectivity index (χ1) is 10.1. The van der Waals surface area contributed by atoms with Crippen molar-refractivity contribution in [3.63, 3.8) is 0 Å². The molecule has 2 aromatic carbocycles. The highest BCUT2D eigenvalue weighted by Gasteiger charge is 2.17. The Kier molecular flexibility index (Phi) is 3.09. The van der Waals surface area contributed by atoms with E-state index in [0.717, 1.165) is 10.2 Å². The van der Waals surface area contributed by atoms with E-state index in [1.807, 2.05) is 6.92 Å². The van der Waals surface area contributed by atoms with Crippen molar-refractivity contribution >= 4 is 5.69 Å². The molecule has 106 valence electrons. The number of halogens is 2. The predicted molar refractivity (Wildman–Crippen MR) is 73.7 cm³/mol. The van der Waals surface area contributed by atoms with Gasteiger partial charge in [-0.15, -0.1) is 5.10 Å². The number of rotatable bonds is 2. The second-order valence-corrected chi connectivity index (χ2v) is 4.61. The van der Waals surface area contributed by atoms with Crippen LogP contribution in [0, 0.1) is 18.6 Å². The molecule has 7 heteroatoms. The summed E-state index contributed by atoms with van der Waals surface area (Å²) in [6.45, 7) is 1.82. The van der Waals surface area contributed by atoms with Crippen molar-refractivity contribution in [3.8, 4) is 17.1 Å². The van der Waals surface area contributed by atoms with Gasteiger partial charge in [0, 0.05) is 5.69 Å². The lowest BCUT2D eigenvalue weighted by Crippen LogP contribution is -2.04. The lowest BCUT2D eigenvalue weighted by molar-refractivity contribution is 0.605. The van der Waals surface area contributed by atoms with Gasteiger partial charge in [-0.25, -0.2) is 8.78 Å². The van der Waals surface area contributed by atoms with Gasteiger partial charge in [-0.05, 0) is 53.2 Å². The number of hydrogen-bond acceptors (Lipinski definition) is 4. The van der Waals surface area contributed by atoms with Gasteiger partial charge in [0.05, 0.1) is 5.56 Å². The van der Waals surface area contributed by atoms with E-state index in [1.54, 1.807) is 12.1 Å². The molecular weight excluding hydrogens is 276 g/mol. The molecule has 0 aliphatic rings. The third-order valence-corrected chi connectivity index (χ3v) is 3.03. The minimum absolute atomic E-state index is 0.108. The number of nitrogens with two attached hydrogens (primary N) is 1. The molecule has 0 saturated carbocycles. The van der Waals surface area contributed by atoms with Crippen LogP contribution in [0.3, 0.4) is 0 Å².